The molecule has 1 N–H and O–H groups in total. The van der Waals surface area contributed by atoms with Crippen molar-refractivity contribution < 1.29 is 4.39 Å². The predicted molar refractivity (Wildman–Crippen MR) is 74.5 cm³/mol. The highest BCUT2D eigenvalue weighted by molar-refractivity contribution is 6.30. The van der Waals surface area contributed by atoms with Gasteiger partial charge in [0.25, 0.3) is 0 Å². The molecule has 100 valence electrons. The largest absolute Gasteiger partial charge is 0.317 e. The topological polar surface area (TPSA) is 12.0 Å². The average molecular weight is 270 g/mol. The zero-order valence-electron chi connectivity index (χ0n) is 10.9. The van der Waals surface area contributed by atoms with Gasteiger partial charge in [-0.25, -0.2) is 4.39 Å². The van der Waals surface area contributed by atoms with Crippen LogP contribution in [0, 0.1) is 17.7 Å². The maximum absolute atomic E-state index is 13.1. The number of hydrogen-bond donors (Lipinski definition) is 1. The third-order valence-corrected chi connectivity index (χ3v) is 4.24. The molecule has 1 aromatic rings. The molecule has 0 heterocycles. The van der Waals surface area contributed by atoms with E-state index in [9.17, 15) is 4.39 Å². The van der Waals surface area contributed by atoms with Gasteiger partial charge in [-0.2, -0.15) is 0 Å². The highest BCUT2D eigenvalue weighted by Gasteiger charge is 2.26. The summed E-state index contributed by atoms with van der Waals surface area (Å²) in [7, 11) is 0. The molecule has 3 heteroatoms. The number of nitrogens with one attached hydrogen (secondary N) is 1. The summed E-state index contributed by atoms with van der Waals surface area (Å²) in [5.74, 6) is 1.15. The monoisotopic (exact) mass is 269 g/mol. The van der Waals surface area contributed by atoms with Crippen LogP contribution in [-0.4, -0.2) is 13.1 Å². The Kier molecular flexibility index (Phi) is 5.02. The van der Waals surface area contributed by atoms with Crippen molar-refractivity contribution in [2.45, 2.75) is 32.6 Å². The normalized spacial score (nSPS) is 23.5. The highest BCUT2D eigenvalue weighted by Crippen LogP contribution is 2.34. The van der Waals surface area contributed by atoms with Crippen LogP contribution in [0.25, 0.3) is 0 Å². The first kappa shape index (κ1) is 13.8. The Hall–Kier alpha value is -0.600. The first-order chi connectivity index (χ1) is 8.70. The van der Waals surface area contributed by atoms with Gasteiger partial charge in [-0.15, -0.1) is 0 Å². The van der Waals surface area contributed by atoms with Crippen molar-refractivity contribution in [1.29, 1.82) is 0 Å². The molecule has 0 aliphatic heterocycles. The fraction of sp³-hybridized carbons (Fsp3) is 0.600. The van der Waals surface area contributed by atoms with Crippen LogP contribution in [0.1, 0.15) is 31.7 Å². The van der Waals surface area contributed by atoms with Crippen molar-refractivity contribution in [2.75, 3.05) is 13.1 Å². The maximum Gasteiger partial charge on any atom is 0.141 e. The summed E-state index contributed by atoms with van der Waals surface area (Å²) < 4.78 is 13.1. The molecule has 1 aliphatic rings. The van der Waals surface area contributed by atoms with Crippen LogP contribution in [0.5, 0.6) is 0 Å². The Morgan fingerprint density at radius 1 is 1.33 bits per heavy atom. The molecule has 0 amide bonds. The molecule has 1 saturated carbocycles. The molecule has 0 spiro atoms. The first-order valence-electron chi connectivity index (χ1n) is 6.85. The summed E-state index contributed by atoms with van der Waals surface area (Å²) in [6.07, 6.45) is 4.93. The van der Waals surface area contributed by atoms with Crippen LogP contribution in [0.2, 0.25) is 5.02 Å². The van der Waals surface area contributed by atoms with Gasteiger partial charge >= 0.3 is 0 Å². The lowest BCUT2D eigenvalue weighted by atomic mass is 9.89. The van der Waals surface area contributed by atoms with Crippen molar-refractivity contribution in [1.82, 2.24) is 5.32 Å². The molecule has 1 nitrogen and oxygen atoms in total. The lowest BCUT2D eigenvalue weighted by Crippen LogP contribution is -2.25. The molecule has 0 bridgehead atoms. The quantitative estimate of drug-likeness (QED) is 0.850. The molecule has 2 rings (SSSR count). The minimum Gasteiger partial charge on any atom is -0.317 e. The molecule has 1 aliphatic carbocycles. The average Bonchev–Trinajstić information content (AvgIpc) is 2.79. The van der Waals surface area contributed by atoms with Gasteiger partial charge in [-0.3, -0.25) is 0 Å². The Morgan fingerprint density at radius 3 is 2.83 bits per heavy atom. The summed E-state index contributed by atoms with van der Waals surface area (Å²) in [5, 5.41) is 3.68. The van der Waals surface area contributed by atoms with Gasteiger partial charge in [0, 0.05) is 0 Å². The van der Waals surface area contributed by atoms with Crippen molar-refractivity contribution >= 4 is 11.6 Å². The van der Waals surface area contributed by atoms with Crippen LogP contribution in [-0.2, 0) is 6.42 Å². The van der Waals surface area contributed by atoms with Crippen LogP contribution in [0.3, 0.4) is 0 Å². The van der Waals surface area contributed by atoms with E-state index in [1.807, 2.05) is 6.07 Å². The summed E-state index contributed by atoms with van der Waals surface area (Å²) in [5.41, 5.74) is 1.16. The molecule has 2 atom stereocenters. The van der Waals surface area contributed by atoms with Gasteiger partial charge in [0.05, 0.1) is 5.02 Å². The summed E-state index contributed by atoms with van der Waals surface area (Å²) in [6.45, 7) is 4.28. The molecule has 1 aromatic carbocycles. The zero-order chi connectivity index (χ0) is 13.0. The molecule has 0 saturated heterocycles. The van der Waals surface area contributed by atoms with Crippen molar-refractivity contribution in [2.24, 2.45) is 11.8 Å². The molecule has 0 aromatic heterocycles. The second kappa shape index (κ2) is 6.53. The van der Waals surface area contributed by atoms with E-state index in [4.69, 9.17) is 11.6 Å². The zero-order valence-corrected chi connectivity index (χ0v) is 11.6. The maximum atomic E-state index is 13.1. The van der Waals surface area contributed by atoms with Crippen LogP contribution < -0.4 is 5.32 Å². The van der Waals surface area contributed by atoms with Gasteiger partial charge in [0.1, 0.15) is 5.82 Å². The lowest BCUT2D eigenvalue weighted by Gasteiger charge is -2.20. The van der Waals surface area contributed by atoms with Gasteiger partial charge in [0.2, 0.25) is 0 Å². The van der Waals surface area contributed by atoms with Gasteiger partial charge < -0.3 is 5.32 Å². The van der Waals surface area contributed by atoms with Crippen LogP contribution in [0.4, 0.5) is 4.39 Å². The minimum absolute atomic E-state index is 0.244. The Balaban J connectivity index is 1.96. The molecular weight excluding hydrogens is 249 g/mol. The van der Waals surface area contributed by atoms with Crippen LogP contribution in [0.15, 0.2) is 18.2 Å². The molecule has 18 heavy (non-hydrogen) atoms. The first-order valence-corrected chi connectivity index (χ1v) is 7.23. The van der Waals surface area contributed by atoms with Crippen LogP contribution >= 0.6 is 11.6 Å². The number of rotatable bonds is 5. The molecule has 2 unspecified atom stereocenters. The van der Waals surface area contributed by atoms with Gasteiger partial charge in [-0.05, 0) is 61.9 Å². The molecule has 1 fully saturated rings. The minimum atomic E-state index is -0.323. The third kappa shape index (κ3) is 3.46. The molecular formula is C15H21ClFN. The van der Waals surface area contributed by atoms with Gasteiger partial charge in [0.15, 0.2) is 0 Å². The van der Waals surface area contributed by atoms with E-state index in [1.165, 1.54) is 25.3 Å². The standard InChI is InChI=1S/C15H21ClFN/c1-2-18-10-13-5-3-4-12(13)8-11-6-7-15(17)14(16)9-11/h6-7,9,12-13,18H,2-5,8,10H2,1H3. The Morgan fingerprint density at radius 2 is 2.11 bits per heavy atom. The number of halogens is 2. The molecule has 0 radical (unpaired) electrons. The van der Waals surface area contributed by atoms with Crippen molar-refractivity contribution in [3.05, 3.63) is 34.6 Å². The van der Waals surface area contributed by atoms with E-state index >= 15 is 0 Å². The summed E-state index contributed by atoms with van der Waals surface area (Å²) >= 11 is 5.83. The fourth-order valence-corrected chi connectivity index (χ4v) is 3.15. The van der Waals surface area contributed by atoms with E-state index in [0.717, 1.165) is 31.0 Å². The SMILES string of the molecule is CCNCC1CCCC1Cc1ccc(F)c(Cl)c1. The van der Waals surface area contributed by atoms with E-state index in [1.54, 1.807) is 6.07 Å². The summed E-state index contributed by atoms with van der Waals surface area (Å²) in [4.78, 5) is 0. The predicted octanol–water partition coefficient (Wildman–Crippen LogP) is 4.05. The van der Waals surface area contributed by atoms with Crippen molar-refractivity contribution in [3.63, 3.8) is 0 Å². The Bertz CT molecular complexity index is 394. The van der Waals surface area contributed by atoms with E-state index in [-0.39, 0.29) is 10.8 Å². The lowest BCUT2D eigenvalue weighted by molar-refractivity contribution is 0.368. The third-order valence-electron chi connectivity index (χ3n) is 3.95. The van der Waals surface area contributed by atoms with Gasteiger partial charge in [-0.1, -0.05) is 31.0 Å². The smallest absolute Gasteiger partial charge is 0.141 e. The summed E-state index contributed by atoms with van der Waals surface area (Å²) in [6, 6.07) is 5.12. The van der Waals surface area contributed by atoms with Crippen molar-refractivity contribution in [3.8, 4) is 0 Å². The number of hydrogen-bond acceptors (Lipinski definition) is 1. The van der Waals surface area contributed by atoms with E-state index in [2.05, 4.69) is 12.2 Å². The number of benzene rings is 1. The van der Waals surface area contributed by atoms with E-state index in [0.29, 0.717) is 5.92 Å². The fourth-order valence-electron chi connectivity index (χ4n) is 2.95. The second-order valence-corrected chi connectivity index (χ2v) is 5.62. The highest BCUT2D eigenvalue weighted by atomic mass is 35.5. The van der Waals surface area contributed by atoms with E-state index < -0.39 is 0 Å². The Labute approximate surface area is 114 Å². The second-order valence-electron chi connectivity index (χ2n) is 5.21.